The molecule has 0 fully saturated rings. The van der Waals surface area contributed by atoms with Crippen molar-refractivity contribution in [1.82, 2.24) is 9.97 Å². The van der Waals surface area contributed by atoms with Crippen LogP contribution < -0.4 is 5.32 Å². The van der Waals surface area contributed by atoms with Crippen molar-refractivity contribution in [3.8, 4) is 0 Å². The molecule has 0 aliphatic rings. The topological polar surface area (TPSA) is 75.1 Å². The highest BCUT2D eigenvalue weighted by atomic mass is 16.4. The molecule has 0 bridgehead atoms. The average molecular weight is 209 g/mol. The Morgan fingerprint density at radius 2 is 2.20 bits per heavy atom. The van der Waals surface area contributed by atoms with Gasteiger partial charge in [0.05, 0.1) is 5.69 Å². The Labute approximate surface area is 88.6 Å². The van der Waals surface area contributed by atoms with Gasteiger partial charge in [0.15, 0.2) is 0 Å². The molecule has 5 nitrogen and oxygen atoms in total. The first kappa shape index (κ1) is 11.4. The molecule has 15 heavy (non-hydrogen) atoms. The number of aliphatic carboxylic acids is 1. The summed E-state index contributed by atoms with van der Waals surface area (Å²) in [7, 11) is 0. The van der Waals surface area contributed by atoms with Crippen molar-refractivity contribution < 1.29 is 9.90 Å². The van der Waals surface area contributed by atoms with Gasteiger partial charge in [-0.3, -0.25) is 9.78 Å². The van der Waals surface area contributed by atoms with Crippen LogP contribution in [0.3, 0.4) is 0 Å². The maximum atomic E-state index is 10.4. The maximum absolute atomic E-state index is 10.4. The average Bonchev–Trinajstić information content (AvgIpc) is 2.15. The lowest BCUT2D eigenvalue weighted by Crippen LogP contribution is -2.16. The van der Waals surface area contributed by atoms with Crippen molar-refractivity contribution in [2.75, 3.05) is 11.9 Å². The van der Waals surface area contributed by atoms with E-state index in [9.17, 15) is 4.79 Å². The molecule has 0 aliphatic heterocycles. The van der Waals surface area contributed by atoms with Crippen LogP contribution in [0.5, 0.6) is 0 Å². The third kappa shape index (κ3) is 3.93. The summed E-state index contributed by atoms with van der Waals surface area (Å²) >= 11 is 0. The monoisotopic (exact) mass is 209 g/mol. The molecule has 1 unspecified atom stereocenters. The van der Waals surface area contributed by atoms with Crippen molar-refractivity contribution in [3.05, 3.63) is 18.1 Å². The number of carboxylic acids is 1. The van der Waals surface area contributed by atoms with Crippen LogP contribution in [0.4, 0.5) is 5.82 Å². The van der Waals surface area contributed by atoms with Crippen LogP contribution in [0.25, 0.3) is 0 Å². The zero-order valence-electron chi connectivity index (χ0n) is 8.90. The van der Waals surface area contributed by atoms with Gasteiger partial charge in [-0.25, -0.2) is 4.98 Å². The Kier molecular flexibility index (Phi) is 4.03. The summed E-state index contributed by atoms with van der Waals surface area (Å²) in [6, 6.07) is 0. The number of carbonyl (C=O) groups is 1. The molecule has 0 saturated heterocycles. The molecular formula is C10H15N3O2. The van der Waals surface area contributed by atoms with Gasteiger partial charge in [0.2, 0.25) is 0 Å². The molecule has 0 spiro atoms. The number of nitrogens with one attached hydrogen (secondary N) is 1. The van der Waals surface area contributed by atoms with Crippen LogP contribution >= 0.6 is 0 Å². The Morgan fingerprint density at radius 3 is 2.80 bits per heavy atom. The Bertz CT molecular complexity index is 341. The lowest BCUT2D eigenvalue weighted by Gasteiger charge is -2.11. The van der Waals surface area contributed by atoms with Crippen LogP contribution in [0.2, 0.25) is 0 Å². The molecule has 1 aromatic heterocycles. The number of aryl methyl sites for hydroxylation is 1. The molecule has 1 aromatic rings. The van der Waals surface area contributed by atoms with E-state index in [2.05, 4.69) is 15.3 Å². The van der Waals surface area contributed by atoms with E-state index < -0.39 is 5.97 Å². The first-order valence-electron chi connectivity index (χ1n) is 4.83. The first-order chi connectivity index (χ1) is 7.09. The summed E-state index contributed by atoms with van der Waals surface area (Å²) in [6.07, 6.45) is 3.39. The minimum Gasteiger partial charge on any atom is -0.481 e. The van der Waals surface area contributed by atoms with Crippen molar-refractivity contribution in [2.45, 2.75) is 20.3 Å². The highest BCUT2D eigenvalue weighted by Crippen LogP contribution is 2.08. The van der Waals surface area contributed by atoms with Gasteiger partial charge < -0.3 is 10.4 Å². The number of anilines is 1. The smallest absolute Gasteiger partial charge is 0.303 e. The van der Waals surface area contributed by atoms with Gasteiger partial charge >= 0.3 is 5.97 Å². The molecular weight excluding hydrogens is 194 g/mol. The highest BCUT2D eigenvalue weighted by Gasteiger charge is 2.08. The molecule has 5 heteroatoms. The van der Waals surface area contributed by atoms with Crippen LogP contribution in [0.1, 0.15) is 19.0 Å². The molecule has 0 amide bonds. The summed E-state index contributed by atoms with van der Waals surface area (Å²) in [5.74, 6) is 0.0128. The van der Waals surface area contributed by atoms with Gasteiger partial charge in [0.25, 0.3) is 0 Å². The van der Waals surface area contributed by atoms with E-state index in [-0.39, 0.29) is 12.3 Å². The third-order valence-electron chi connectivity index (χ3n) is 2.02. The Morgan fingerprint density at radius 1 is 1.53 bits per heavy atom. The van der Waals surface area contributed by atoms with E-state index in [4.69, 9.17) is 5.11 Å². The summed E-state index contributed by atoms with van der Waals surface area (Å²) in [5.41, 5.74) is 0.819. The number of carboxylic acid groups (broad SMARTS) is 1. The predicted octanol–water partition coefficient (Wildman–Crippen LogP) is 1.31. The van der Waals surface area contributed by atoms with Gasteiger partial charge in [-0.05, 0) is 12.8 Å². The van der Waals surface area contributed by atoms with Gasteiger partial charge in [0, 0.05) is 25.4 Å². The van der Waals surface area contributed by atoms with Crippen molar-refractivity contribution in [1.29, 1.82) is 0 Å². The molecule has 0 aliphatic carbocycles. The second-order valence-electron chi connectivity index (χ2n) is 3.57. The number of hydrogen-bond donors (Lipinski definition) is 2. The normalized spacial score (nSPS) is 12.1. The van der Waals surface area contributed by atoms with Gasteiger partial charge in [-0.1, -0.05) is 6.92 Å². The van der Waals surface area contributed by atoms with E-state index in [1.54, 1.807) is 12.4 Å². The molecule has 0 aromatic carbocycles. The van der Waals surface area contributed by atoms with E-state index in [0.717, 1.165) is 11.5 Å². The fourth-order valence-electron chi connectivity index (χ4n) is 1.22. The third-order valence-corrected chi connectivity index (χ3v) is 2.02. The van der Waals surface area contributed by atoms with Crippen molar-refractivity contribution in [3.63, 3.8) is 0 Å². The molecule has 0 saturated carbocycles. The summed E-state index contributed by atoms with van der Waals surface area (Å²) in [5, 5.41) is 11.7. The van der Waals surface area contributed by atoms with E-state index >= 15 is 0 Å². The van der Waals surface area contributed by atoms with Gasteiger partial charge in [-0.2, -0.15) is 0 Å². The lowest BCUT2D eigenvalue weighted by molar-refractivity contribution is -0.137. The molecule has 0 radical (unpaired) electrons. The first-order valence-corrected chi connectivity index (χ1v) is 4.83. The van der Waals surface area contributed by atoms with Crippen LogP contribution in [-0.2, 0) is 4.79 Å². The van der Waals surface area contributed by atoms with Crippen LogP contribution in [-0.4, -0.2) is 27.6 Å². The molecule has 1 rings (SSSR count). The molecule has 82 valence electrons. The quantitative estimate of drug-likeness (QED) is 0.764. The fraction of sp³-hybridized carbons (Fsp3) is 0.500. The summed E-state index contributed by atoms with van der Waals surface area (Å²) in [6.45, 7) is 4.33. The predicted molar refractivity (Wildman–Crippen MR) is 56.7 cm³/mol. The summed E-state index contributed by atoms with van der Waals surface area (Å²) < 4.78 is 0. The second-order valence-corrected chi connectivity index (χ2v) is 3.57. The Balaban J connectivity index is 2.43. The number of aromatic nitrogens is 2. The minimum atomic E-state index is -0.778. The second kappa shape index (κ2) is 5.29. The number of nitrogens with zero attached hydrogens (tertiary/aromatic N) is 2. The minimum absolute atomic E-state index is 0.0731. The maximum Gasteiger partial charge on any atom is 0.303 e. The Hall–Kier alpha value is -1.65. The zero-order valence-corrected chi connectivity index (χ0v) is 8.90. The number of rotatable bonds is 5. The van der Waals surface area contributed by atoms with Crippen LogP contribution in [0.15, 0.2) is 12.4 Å². The highest BCUT2D eigenvalue weighted by molar-refractivity contribution is 5.67. The summed E-state index contributed by atoms with van der Waals surface area (Å²) in [4.78, 5) is 18.6. The van der Waals surface area contributed by atoms with Crippen molar-refractivity contribution >= 4 is 11.8 Å². The fourth-order valence-corrected chi connectivity index (χ4v) is 1.22. The van der Waals surface area contributed by atoms with Gasteiger partial charge in [-0.15, -0.1) is 0 Å². The largest absolute Gasteiger partial charge is 0.481 e. The SMILES string of the molecule is Cc1nccnc1NCC(C)CC(=O)O. The standard InChI is InChI=1S/C10H15N3O2/c1-7(5-9(14)15)6-13-10-8(2)11-3-4-12-10/h3-4,7H,5-6H2,1-2H3,(H,12,13)(H,14,15). The number of hydrogen-bond acceptors (Lipinski definition) is 4. The lowest BCUT2D eigenvalue weighted by atomic mass is 10.1. The van der Waals surface area contributed by atoms with E-state index in [0.29, 0.717) is 6.54 Å². The van der Waals surface area contributed by atoms with E-state index in [1.807, 2.05) is 13.8 Å². The van der Waals surface area contributed by atoms with E-state index in [1.165, 1.54) is 0 Å². The van der Waals surface area contributed by atoms with Crippen LogP contribution in [0, 0.1) is 12.8 Å². The zero-order chi connectivity index (χ0) is 11.3. The molecule has 1 atom stereocenters. The molecule has 1 heterocycles. The van der Waals surface area contributed by atoms with Crippen molar-refractivity contribution in [2.24, 2.45) is 5.92 Å². The molecule has 2 N–H and O–H groups in total. The van der Waals surface area contributed by atoms with Gasteiger partial charge in [0.1, 0.15) is 5.82 Å².